The van der Waals surface area contributed by atoms with Gasteiger partial charge in [-0.15, -0.1) is 11.3 Å². The van der Waals surface area contributed by atoms with Crippen molar-refractivity contribution >= 4 is 17.6 Å². The molecule has 0 aromatic carbocycles. The van der Waals surface area contributed by atoms with Crippen LogP contribution in [0.15, 0.2) is 17.5 Å². The number of carbonyl (C=O) groups excluding carboxylic acids is 1. The molecular formula is C8H11NOS. The highest BCUT2D eigenvalue weighted by atomic mass is 32.1. The molecule has 1 N–H and O–H groups in total. The number of thiophene rings is 1. The second kappa shape index (κ2) is 4.26. The van der Waals surface area contributed by atoms with Gasteiger partial charge in [-0.05, 0) is 18.5 Å². The topological polar surface area (TPSA) is 29.1 Å². The van der Waals surface area contributed by atoms with Crippen LogP contribution in [-0.4, -0.2) is 13.3 Å². The fourth-order valence-corrected chi connectivity index (χ4v) is 1.81. The minimum atomic E-state index is 0.201. The minimum absolute atomic E-state index is 0.201. The van der Waals surface area contributed by atoms with E-state index < -0.39 is 0 Å². The van der Waals surface area contributed by atoms with Crippen LogP contribution >= 0.6 is 11.3 Å². The van der Waals surface area contributed by atoms with E-state index in [1.807, 2.05) is 24.6 Å². The van der Waals surface area contributed by atoms with Crippen LogP contribution in [0.2, 0.25) is 0 Å². The lowest BCUT2D eigenvalue weighted by atomic mass is 10.2. The second-order valence-electron chi connectivity index (χ2n) is 2.26. The van der Waals surface area contributed by atoms with Crippen molar-refractivity contribution in [2.45, 2.75) is 12.5 Å². The molecule has 0 amide bonds. The summed E-state index contributed by atoms with van der Waals surface area (Å²) in [4.78, 5) is 11.5. The van der Waals surface area contributed by atoms with Crippen LogP contribution in [0.1, 0.15) is 17.3 Å². The summed E-state index contributed by atoms with van der Waals surface area (Å²) in [6.45, 7) is 0. The van der Waals surface area contributed by atoms with Crippen LogP contribution in [0.4, 0.5) is 0 Å². The summed E-state index contributed by atoms with van der Waals surface area (Å²) < 4.78 is 0. The van der Waals surface area contributed by atoms with Crippen LogP contribution in [0.3, 0.4) is 0 Å². The van der Waals surface area contributed by atoms with Gasteiger partial charge in [0.2, 0.25) is 0 Å². The SMILES string of the molecule is CNC(CC=O)c1cccs1. The second-order valence-corrected chi connectivity index (χ2v) is 3.24. The van der Waals surface area contributed by atoms with Gasteiger partial charge in [-0.3, -0.25) is 0 Å². The quantitative estimate of drug-likeness (QED) is 0.694. The van der Waals surface area contributed by atoms with Gasteiger partial charge in [-0.25, -0.2) is 0 Å². The molecule has 0 spiro atoms. The Labute approximate surface area is 70.2 Å². The van der Waals surface area contributed by atoms with E-state index in [9.17, 15) is 4.79 Å². The van der Waals surface area contributed by atoms with Crippen molar-refractivity contribution in [2.75, 3.05) is 7.05 Å². The lowest BCUT2D eigenvalue weighted by Crippen LogP contribution is -2.15. The summed E-state index contributed by atoms with van der Waals surface area (Å²) >= 11 is 1.67. The summed E-state index contributed by atoms with van der Waals surface area (Å²) in [6, 6.07) is 4.23. The Hall–Kier alpha value is -0.670. The normalized spacial score (nSPS) is 12.8. The molecule has 60 valence electrons. The average Bonchev–Trinajstić information content (AvgIpc) is 2.52. The van der Waals surface area contributed by atoms with E-state index in [1.165, 1.54) is 4.88 Å². The maximum atomic E-state index is 10.2. The van der Waals surface area contributed by atoms with Crippen molar-refractivity contribution in [2.24, 2.45) is 0 Å². The molecule has 11 heavy (non-hydrogen) atoms. The van der Waals surface area contributed by atoms with Gasteiger partial charge >= 0.3 is 0 Å². The largest absolute Gasteiger partial charge is 0.312 e. The molecule has 0 saturated heterocycles. The van der Waals surface area contributed by atoms with Crippen molar-refractivity contribution in [3.63, 3.8) is 0 Å². The van der Waals surface area contributed by atoms with Gasteiger partial charge < -0.3 is 10.1 Å². The summed E-state index contributed by atoms with van der Waals surface area (Å²) in [5.41, 5.74) is 0. The maximum Gasteiger partial charge on any atom is 0.121 e. The monoisotopic (exact) mass is 169 g/mol. The molecule has 1 rings (SSSR count). The molecule has 1 atom stereocenters. The van der Waals surface area contributed by atoms with Gasteiger partial charge in [0.15, 0.2) is 0 Å². The molecule has 1 aromatic heterocycles. The number of carbonyl (C=O) groups is 1. The molecule has 1 heterocycles. The van der Waals surface area contributed by atoms with Crippen LogP contribution < -0.4 is 5.32 Å². The molecule has 2 nitrogen and oxygen atoms in total. The van der Waals surface area contributed by atoms with E-state index in [2.05, 4.69) is 5.32 Å². The zero-order chi connectivity index (χ0) is 8.10. The highest BCUT2D eigenvalue weighted by Crippen LogP contribution is 2.20. The van der Waals surface area contributed by atoms with Gasteiger partial charge in [0, 0.05) is 17.3 Å². The smallest absolute Gasteiger partial charge is 0.121 e. The Morgan fingerprint density at radius 1 is 1.82 bits per heavy atom. The predicted octanol–water partition coefficient (Wildman–Crippen LogP) is 1.60. The first-order valence-electron chi connectivity index (χ1n) is 3.52. The van der Waals surface area contributed by atoms with Crippen LogP contribution in [0.25, 0.3) is 0 Å². The van der Waals surface area contributed by atoms with Gasteiger partial charge in [-0.2, -0.15) is 0 Å². The van der Waals surface area contributed by atoms with Crippen molar-refractivity contribution in [3.8, 4) is 0 Å². The first-order valence-corrected chi connectivity index (χ1v) is 4.40. The van der Waals surface area contributed by atoms with Gasteiger partial charge in [0.1, 0.15) is 6.29 Å². The minimum Gasteiger partial charge on any atom is -0.312 e. The number of nitrogens with one attached hydrogen (secondary N) is 1. The van der Waals surface area contributed by atoms with Crippen molar-refractivity contribution in [1.82, 2.24) is 5.32 Å². The molecule has 1 aromatic rings. The number of rotatable bonds is 4. The zero-order valence-electron chi connectivity index (χ0n) is 6.41. The molecule has 1 unspecified atom stereocenters. The maximum absolute atomic E-state index is 10.2. The molecule has 0 aliphatic heterocycles. The first-order chi connectivity index (χ1) is 5.38. The highest BCUT2D eigenvalue weighted by Gasteiger charge is 2.07. The van der Waals surface area contributed by atoms with Crippen molar-refractivity contribution < 1.29 is 4.79 Å². The lowest BCUT2D eigenvalue weighted by Gasteiger charge is -2.09. The Morgan fingerprint density at radius 3 is 3.09 bits per heavy atom. The summed E-state index contributed by atoms with van der Waals surface area (Å²) in [5.74, 6) is 0. The first kappa shape index (κ1) is 8.43. The number of aldehydes is 1. The zero-order valence-corrected chi connectivity index (χ0v) is 7.23. The summed E-state index contributed by atoms with van der Waals surface area (Å²) in [7, 11) is 1.87. The van der Waals surface area contributed by atoms with E-state index in [-0.39, 0.29) is 6.04 Å². The van der Waals surface area contributed by atoms with Crippen LogP contribution in [0.5, 0.6) is 0 Å². The van der Waals surface area contributed by atoms with Crippen LogP contribution in [-0.2, 0) is 4.79 Å². The summed E-state index contributed by atoms with van der Waals surface area (Å²) in [5, 5.41) is 5.10. The Kier molecular flexibility index (Phi) is 3.26. The van der Waals surface area contributed by atoms with E-state index in [0.717, 1.165) is 6.29 Å². The third-order valence-corrected chi connectivity index (χ3v) is 2.55. The Morgan fingerprint density at radius 2 is 2.64 bits per heavy atom. The molecule has 0 fully saturated rings. The fourth-order valence-electron chi connectivity index (χ4n) is 0.962. The molecule has 0 aliphatic carbocycles. The summed E-state index contributed by atoms with van der Waals surface area (Å²) in [6.07, 6.45) is 1.50. The fraction of sp³-hybridized carbons (Fsp3) is 0.375. The predicted molar refractivity (Wildman–Crippen MR) is 46.8 cm³/mol. The van der Waals surface area contributed by atoms with E-state index in [4.69, 9.17) is 0 Å². The van der Waals surface area contributed by atoms with E-state index >= 15 is 0 Å². The molecule has 0 saturated carbocycles. The molecule has 0 bridgehead atoms. The van der Waals surface area contributed by atoms with Crippen LogP contribution in [0, 0.1) is 0 Å². The standard InChI is InChI=1S/C8H11NOS/c1-9-7(4-5-10)8-3-2-6-11-8/h2-3,5-7,9H,4H2,1H3. The van der Waals surface area contributed by atoms with Gasteiger partial charge in [0.25, 0.3) is 0 Å². The molecule has 0 radical (unpaired) electrons. The van der Waals surface area contributed by atoms with Gasteiger partial charge in [-0.1, -0.05) is 6.07 Å². The van der Waals surface area contributed by atoms with Crippen molar-refractivity contribution in [1.29, 1.82) is 0 Å². The lowest BCUT2D eigenvalue weighted by molar-refractivity contribution is -0.108. The van der Waals surface area contributed by atoms with E-state index in [0.29, 0.717) is 6.42 Å². The molecular weight excluding hydrogens is 158 g/mol. The number of hydrogen-bond donors (Lipinski definition) is 1. The Bertz CT molecular complexity index is 208. The third-order valence-electron chi connectivity index (χ3n) is 1.57. The molecule has 0 aliphatic rings. The highest BCUT2D eigenvalue weighted by molar-refractivity contribution is 7.10. The third kappa shape index (κ3) is 2.13. The Balaban J connectivity index is 2.62. The average molecular weight is 169 g/mol. The van der Waals surface area contributed by atoms with Gasteiger partial charge in [0.05, 0.1) is 0 Å². The number of hydrogen-bond acceptors (Lipinski definition) is 3. The van der Waals surface area contributed by atoms with E-state index in [1.54, 1.807) is 11.3 Å². The molecule has 3 heteroatoms. The van der Waals surface area contributed by atoms with Crippen molar-refractivity contribution in [3.05, 3.63) is 22.4 Å².